The summed E-state index contributed by atoms with van der Waals surface area (Å²) in [4.78, 5) is 26.1. The van der Waals surface area contributed by atoms with Gasteiger partial charge in [0.1, 0.15) is 0 Å². The number of para-hydroxylation sites is 1. The van der Waals surface area contributed by atoms with E-state index in [-0.39, 0.29) is 12.1 Å². The van der Waals surface area contributed by atoms with E-state index < -0.39 is 0 Å². The maximum absolute atomic E-state index is 12.3. The molecule has 2 fully saturated rings. The second-order valence-electron chi connectivity index (χ2n) is 7.37. The molecule has 6 nitrogen and oxygen atoms in total. The molecule has 1 aromatic rings. The van der Waals surface area contributed by atoms with Gasteiger partial charge in [0.2, 0.25) is 0 Å². The number of urea groups is 2. The van der Waals surface area contributed by atoms with Gasteiger partial charge in [-0.2, -0.15) is 0 Å². The smallest absolute Gasteiger partial charge is 0.319 e. The zero-order valence-electron chi connectivity index (χ0n) is 15.4. The van der Waals surface area contributed by atoms with Crippen molar-refractivity contribution in [3.8, 4) is 0 Å². The zero-order chi connectivity index (χ0) is 18.2. The maximum atomic E-state index is 12.3. The number of piperidine rings is 1. The molecule has 1 heterocycles. The van der Waals surface area contributed by atoms with E-state index in [1.165, 1.54) is 25.7 Å². The van der Waals surface area contributed by atoms with Crippen molar-refractivity contribution in [2.45, 2.75) is 38.5 Å². The van der Waals surface area contributed by atoms with Crippen molar-refractivity contribution in [3.63, 3.8) is 0 Å². The highest BCUT2D eigenvalue weighted by molar-refractivity contribution is 5.89. The summed E-state index contributed by atoms with van der Waals surface area (Å²) in [6.45, 7) is 2.90. The number of rotatable bonds is 5. The van der Waals surface area contributed by atoms with E-state index in [0.717, 1.165) is 31.1 Å². The maximum Gasteiger partial charge on any atom is 0.319 e. The number of nitrogens with one attached hydrogen (secondary N) is 3. The number of carbonyl (C=O) groups excluding carboxylic acids is 2. The average Bonchev–Trinajstić information content (AvgIpc) is 2.68. The lowest BCUT2D eigenvalue weighted by Crippen LogP contribution is -2.49. The largest absolute Gasteiger partial charge is 0.338 e. The fourth-order valence-electron chi connectivity index (χ4n) is 4.08. The van der Waals surface area contributed by atoms with Crippen molar-refractivity contribution < 1.29 is 9.59 Å². The van der Waals surface area contributed by atoms with Crippen molar-refractivity contribution >= 4 is 17.7 Å². The first-order chi connectivity index (χ1) is 12.7. The molecule has 1 saturated heterocycles. The minimum atomic E-state index is -0.220. The van der Waals surface area contributed by atoms with Gasteiger partial charge in [0.05, 0.1) is 0 Å². The average molecular weight is 358 g/mol. The zero-order valence-corrected chi connectivity index (χ0v) is 15.4. The molecule has 1 aliphatic heterocycles. The van der Waals surface area contributed by atoms with E-state index in [1.54, 1.807) is 0 Å². The summed E-state index contributed by atoms with van der Waals surface area (Å²) in [6.07, 6.45) is 7.16. The Morgan fingerprint density at radius 2 is 1.69 bits per heavy atom. The fraction of sp³-hybridized carbons (Fsp3) is 0.600. The monoisotopic (exact) mass is 358 g/mol. The summed E-state index contributed by atoms with van der Waals surface area (Å²) in [5.74, 6) is 1.53. The van der Waals surface area contributed by atoms with Crippen molar-refractivity contribution in [1.29, 1.82) is 0 Å². The van der Waals surface area contributed by atoms with Crippen LogP contribution in [0, 0.1) is 11.8 Å². The van der Waals surface area contributed by atoms with Crippen molar-refractivity contribution in [2.24, 2.45) is 11.8 Å². The van der Waals surface area contributed by atoms with Crippen LogP contribution in [0.1, 0.15) is 38.5 Å². The molecular formula is C20H30N4O2. The molecule has 0 radical (unpaired) electrons. The Morgan fingerprint density at radius 1 is 0.962 bits per heavy atom. The quantitative estimate of drug-likeness (QED) is 0.706. The molecule has 142 valence electrons. The van der Waals surface area contributed by atoms with Gasteiger partial charge in [0.25, 0.3) is 0 Å². The van der Waals surface area contributed by atoms with E-state index in [1.807, 2.05) is 35.2 Å². The number of nitrogens with zero attached hydrogens (tertiary/aromatic N) is 1. The van der Waals surface area contributed by atoms with Crippen LogP contribution in [0.15, 0.2) is 30.3 Å². The lowest BCUT2D eigenvalue weighted by molar-refractivity contribution is 0.102. The Hall–Kier alpha value is -2.24. The van der Waals surface area contributed by atoms with Crippen LogP contribution < -0.4 is 16.0 Å². The van der Waals surface area contributed by atoms with Crippen LogP contribution in [0.3, 0.4) is 0 Å². The van der Waals surface area contributed by atoms with Gasteiger partial charge in [-0.1, -0.05) is 37.5 Å². The number of hydrogen-bond acceptors (Lipinski definition) is 2. The molecule has 0 spiro atoms. The second-order valence-corrected chi connectivity index (χ2v) is 7.37. The third-order valence-electron chi connectivity index (χ3n) is 5.53. The number of benzene rings is 1. The van der Waals surface area contributed by atoms with Gasteiger partial charge in [0, 0.05) is 31.9 Å². The molecule has 1 aliphatic carbocycles. The number of anilines is 1. The van der Waals surface area contributed by atoms with E-state index in [9.17, 15) is 9.59 Å². The third kappa shape index (κ3) is 5.38. The normalized spacial score (nSPS) is 22.2. The first-order valence-electron chi connectivity index (χ1n) is 9.85. The predicted octanol–water partition coefficient (Wildman–Crippen LogP) is 3.42. The number of hydrogen-bond donors (Lipinski definition) is 3. The minimum absolute atomic E-state index is 0.0442. The highest BCUT2D eigenvalue weighted by Gasteiger charge is 2.32. The highest BCUT2D eigenvalue weighted by atomic mass is 16.2. The Kier molecular flexibility index (Phi) is 6.75. The number of amides is 4. The summed E-state index contributed by atoms with van der Waals surface area (Å²) < 4.78 is 0. The van der Waals surface area contributed by atoms with Gasteiger partial charge in [-0.25, -0.2) is 9.59 Å². The van der Waals surface area contributed by atoms with Gasteiger partial charge in [-0.3, -0.25) is 0 Å². The van der Waals surface area contributed by atoms with Gasteiger partial charge in [0.15, 0.2) is 0 Å². The molecule has 2 unspecified atom stereocenters. The van der Waals surface area contributed by atoms with E-state index in [2.05, 4.69) is 16.0 Å². The van der Waals surface area contributed by atoms with Crippen LogP contribution >= 0.6 is 0 Å². The van der Waals surface area contributed by atoms with E-state index in [4.69, 9.17) is 0 Å². The minimum Gasteiger partial charge on any atom is -0.338 e. The second kappa shape index (κ2) is 9.46. The lowest BCUT2D eigenvalue weighted by Gasteiger charge is -2.41. The summed E-state index contributed by atoms with van der Waals surface area (Å²) in [5, 5.41) is 8.57. The number of fused-ring (bicyclic) bond motifs is 1. The van der Waals surface area contributed by atoms with Crippen molar-refractivity contribution in [3.05, 3.63) is 30.3 Å². The van der Waals surface area contributed by atoms with Gasteiger partial charge in [-0.15, -0.1) is 0 Å². The molecule has 1 aromatic carbocycles. The summed E-state index contributed by atoms with van der Waals surface area (Å²) in [6, 6.07) is 9.17. The molecule has 2 atom stereocenters. The standard InChI is InChI=1S/C20H30N4O2/c25-19(23-18-9-2-1-3-10-18)21-12-6-13-22-20(26)24-14-11-16-7-4-5-8-17(16)15-24/h1-3,9-10,16-17H,4-8,11-15H2,(H,22,26)(H2,21,23,25). The molecule has 4 amide bonds. The molecule has 2 aliphatic rings. The summed E-state index contributed by atoms with van der Waals surface area (Å²) in [7, 11) is 0. The summed E-state index contributed by atoms with van der Waals surface area (Å²) in [5.41, 5.74) is 0.768. The van der Waals surface area contributed by atoms with Gasteiger partial charge in [-0.05, 0) is 43.2 Å². The third-order valence-corrected chi connectivity index (χ3v) is 5.53. The van der Waals surface area contributed by atoms with Crippen LogP contribution in [0.25, 0.3) is 0 Å². The van der Waals surface area contributed by atoms with E-state index >= 15 is 0 Å². The topological polar surface area (TPSA) is 73.5 Å². The molecule has 3 rings (SSSR count). The van der Waals surface area contributed by atoms with Crippen LogP contribution in [-0.4, -0.2) is 43.1 Å². The Labute approximate surface area is 155 Å². The van der Waals surface area contributed by atoms with Crippen LogP contribution in [-0.2, 0) is 0 Å². The summed E-state index contributed by atoms with van der Waals surface area (Å²) >= 11 is 0. The molecule has 26 heavy (non-hydrogen) atoms. The van der Waals surface area contributed by atoms with Crippen molar-refractivity contribution in [2.75, 3.05) is 31.5 Å². The van der Waals surface area contributed by atoms with Crippen LogP contribution in [0.5, 0.6) is 0 Å². The lowest BCUT2D eigenvalue weighted by atomic mass is 9.75. The molecular weight excluding hydrogens is 328 g/mol. The SMILES string of the molecule is O=C(NCCCNC(=O)N1CCC2CCCCC2C1)Nc1ccccc1. The molecule has 0 aromatic heterocycles. The Balaban J connectivity index is 1.27. The molecule has 0 bridgehead atoms. The van der Waals surface area contributed by atoms with E-state index in [0.29, 0.717) is 25.4 Å². The molecule has 1 saturated carbocycles. The number of likely N-dealkylation sites (tertiary alicyclic amines) is 1. The van der Waals surface area contributed by atoms with Crippen molar-refractivity contribution in [1.82, 2.24) is 15.5 Å². The molecule has 3 N–H and O–H groups in total. The van der Waals surface area contributed by atoms with Gasteiger partial charge >= 0.3 is 12.1 Å². The number of carbonyl (C=O) groups is 2. The predicted molar refractivity (Wildman–Crippen MR) is 103 cm³/mol. The highest BCUT2D eigenvalue weighted by Crippen LogP contribution is 2.35. The molecule has 6 heteroatoms. The van der Waals surface area contributed by atoms with Crippen LogP contribution in [0.4, 0.5) is 15.3 Å². The van der Waals surface area contributed by atoms with Gasteiger partial charge < -0.3 is 20.9 Å². The first kappa shape index (κ1) is 18.5. The Morgan fingerprint density at radius 3 is 2.50 bits per heavy atom. The fourth-order valence-corrected chi connectivity index (χ4v) is 4.08. The van der Waals surface area contributed by atoms with Crippen LogP contribution in [0.2, 0.25) is 0 Å². The first-order valence-corrected chi connectivity index (χ1v) is 9.85. The Bertz CT molecular complexity index is 593.